The molecule has 0 spiro atoms. The topological polar surface area (TPSA) is 0 Å². The number of unbranched alkanes of at least 4 members (excludes halogenated alkanes) is 10. The highest BCUT2D eigenvalue weighted by Crippen LogP contribution is 2.23. The summed E-state index contributed by atoms with van der Waals surface area (Å²) in [7, 11) is 0. The third kappa shape index (κ3) is 393. The molecular weight excluding hydrogens is 937 g/mol. The lowest BCUT2D eigenvalue weighted by Gasteiger charge is -2.22. The van der Waals surface area contributed by atoms with Crippen molar-refractivity contribution in [1.29, 1.82) is 0 Å². The van der Waals surface area contributed by atoms with Gasteiger partial charge in [-0.25, -0.2) is 0 Å². The summed E-state index contributed by atoms with van der Waals surface area (Å²) in [6.45, 7) is 78.5. The zero-order chi connectivity index (χ0) is 76.6. The van der Waals surface area contributed by atoms with Crippen molar-refractivity contribution >= 4 is 0 Å². The Bertz CT molecular complexity index is 1070. The average Bonchev–Trinajstić information content (AvgIpc) is 3.36. The molecule has 0 heteroatoms. The van der Waals surface area contributed by atoms with Crippen molar-refractivity contribution < 1.29 is 16.4 Å². The Balaban J connectivity index is -0.0000000525. The summed E-state index contributed by atoms with van der Waals surface area (Å²) in [5.41, 5.74) is -1.10. The van der Waals surface area contributed by atoms with Gasteiger partial charge in [-0.1, -0.05) is 453 Å². The second kappa shape index (κ2) is 99.1. The minimum absolute atomic E-state index is 0.271. The average molecular weight is 1140 g/mol. The Morgan fingerprint density at radius 3 is 0.551 bits per heavy atom. The van der Waals surface area contributed by atoms with Crippen LogP contribution in [0.3, 0.4) is 0 Å². The number of hydrogen-bond donors (Lipinski definition) is 0. The van der Waals surface area contributed by atoms with E-state index < -0.39 is 39.2 Å². The molecular formula is C78H186. The van der Waals surface area contributed by atoms with E-state index in [9.17, 15) is 0 Å². The Morgan fingerprint density at radius 2 is 0.513 bits per heavy atom. The van der Waals surface area contributed by atoms with Crippen LogP contribution < -0.4 is 0 Å². The van der Waals surface area contributed by atoms with Crippen LogP contribution in [-0.2, 0) is 0 Å². The molecule has 0 N–H and O–H groups in total. The fourth-order valence-corrected chi connectivity index (χ4v) is 2.11. The zero-order valence-electron chi connectivity index (χ0n) is 76.6. The highest BCUT2D eigenvalue weighted by atomic mass is 14.2. The van der Waals surface area contributed by atoms with Crippen molar-refractivity contribution in [3.8, 4) is 0 Å². The predicted octanol–water partition coefficient (Wildman–Crippen LogP) is 32.5. The molecule has 0 amide bonds. The molecule has 0 fully saturated rings. The van der Waals surface area contributed by atoms with Gasteiger partial charge in [-0.15, -0.1) is 0 Å². The third-order valence-corrected chi connectivity index (χ3v) is 10.5. The van der Waals surface area contributed by atoms with E-state index in [2.05, 4.69) is 270 Å². The molecule has 0 nitrogen and oxygen atoms in total. The summed E-state index contributed by atoms with van der Waals surface area (Å²) < 4.78 is 84.0. The lowest BCUT2D eigenvalue weighted by molar-refractivity contribution is 0.283. The van der Waals surface area contributed by atoms with E-state index in [1.807, 2.05) is 0 Å². The molecule has 498 valence electrons. The molecule has 0 aromatic carbocycles. The van der Waals surface area contributed by atoms with Gasteiger partial charge in [0.2, 0.25) is 0 Å². The van der Waals surface area contributed by atoms with Crippen molar-refractivity contribution in [2.24, 2.45) is 63.1 Å². The van der Waals surface area contributed by atoms with Crippen LogP contribution in [0.25, 0.3) is 0 Å². The molecule has 0 radical (unpaired) electrons. The lowest BCUT2D eigenvalue weighted by Crippen LogP contribution is -2.12. The van der Waals surface area contributed by atoms with Crippen LogP contribution >= 0.6 is 0 Å². The molecule has 0 saturated carbocycles. The number of rotatable bonds is 15. The first-order chi connectivity index (χ1) is 40.1. The van der Waals surface area contributed by atoms with Crippen molar-refractivity contribution in [2.75, 3.05) is 0 Å². The first-order valence-electron chi connectivity index (χ1n) is 40.1. The Labute approximate surface area is 530 Å². The zero-order valence-corrected chi connectivity index (χ0v) is 64.6. The van der Waals surface area contributed by atoms with Gasteiger partial charge < -0.3 is 0 Å². The monoisotopic (exact) mass is 1140 g/mol. The summed E-state index contributed by atoms with van der Waals surface area (Å²) >= 11 is 0. The Kier molecular flexibility index (Phi) is 104. The molecule has 0 unspecified atom stereocenters. The summed E-state index contributed by atoms with van der Waals surface area (Å²) in [6, 6.07) is 0. The molecule has 0 aliphatic carbocycles. The third-order valence-electron chi connectivity index (χ3n) is 10.5. The fourth-order valence-electron chi connectivity index (χ4n) is 2.11. The first kappa shape index (κ1) is 82.2. The standard InChI is InChI=1S/2C7H16.5C6H14.4C5H12.2C4H10.2C3H8/c1-6(2)7(3,4)5;1-3-5-7-6-4-2;2*1-5-6(2,3)4;1-5(2)6(3)4;1-4-5-6(2)3;1-3-5-6-4-2;1-5(2,3)4;2*1-4-5(2)3;1-3-5-4-2;1-4(2)3;1-3-4-2;2*1-3-2/h6H,1-5H3;3-7H2,1-2H3;2*5H2,1-4H3;5-6H,1-4H3;6H,4-5H2,1-3H3;3-6H2,1-2H3;1-4H3;2*5H,4H2,1-3H3;3-5H2,1-2H3;4H,1-3H3;3-4H2,1-2H3;2*3H2,1-2H3/i;;2D3,3D3,4D3;;;;;;;;;;;1D3;. The quantitative estimate of drug-likeness (QED) is 0.143. The molecule has 0 aromatic rings. The maximum Gasteiger partial charge on any atom is 0.0236 e. The molecule has 0 aliphatic rings. The van der Waals surface area contributed by atoms with Crippen molar-refractivity contribution in [2.45, 2.75) is 453 Å². The largest absolute Gasteiger partial charge is 0.0656 e. The maximum absolute atomic E-state index is 7.16. The van der Waals surface area contributed by atoms with Crippen LogP contribution in [0.15, 0.2) is 0 Å². The smallest absolute Gasteiger partial charge is 0.0236 e. The lowest BCUT2D eigenvalue weighted by atomic mass is 9.84. The van der Waals surface area contributed by atoms with Crippen LogP contribution in [0.4, 0.5) is 0 Å². The Morgan fingerprint density at radius 1 is 0.308 bits per heavy atom. The van der Waals surface area contributed by atoms with Gasteiger partial charge in [0, 0.05) is 16.4 Å². The van der Waals surface area contributed by atoms with E-state index in [0.29, 0.717) is 16.2 Å². The van der Waals surface area contributed by atoms with E-state index in [0.717, 1.165) is 41.4 Å². The molecule has 0 saturated heterocycles. The van der Waals surface area contributed by atoms with Crippen LogP contribution in [0.1, 0.15) is 469 Å². The predicted molar refractivity (Wildman–Crippen MR) is 391 cm³/mol. The molecule has 78 heavy (non-hydrogen) atoms. The van der Waals surface area contributed by atoms with E-state index >= 15 is 0 Å². The van der Waals surface area contributed by atoms with E-state index in [4.69, 9.17) is 16.4 Å². The van der Waals surface area contributed by atoms with Crippen LogP contribution in [0, 0.1) is 63.1 Å². The Hall–Kier alpha value is 0. The van der Waals surface area contributed by atoms with Gasteiger partial charge in [-0.2, -0.15) is 0 Å². The summed E-state index contributed by atoms with van der Waals surface area (Å²) in [4.78, 5) is 0. The van der Waals surface area contributed by atoms with E-state index in [1.165, 1.54) is 135 Å². The second-order valence-electron chi connectivity index (χ2n) is 27.9. The highest BCUT2D eigenvalue weighted by Gasteiger charge is 2.13. The van der Waals surface area contributed by atoms with Gasteiger partial charge in [0.1, 0.15) is 0 Å². The minimum Gasteiger partial charge on any atom is -0.0656 e. The molecule has 0 heterocycles. The maximum atomic E-state index is 7.16. The van der Waals surface area contributed by atoms with Gasteiger partial charge in [0.05, 0.1) is 0 Å². The van der Waals surface area contributed by atoms with Crippen LogP contribution in [0.5, 0.6) is 0 Å². The van der Waals surface area contributed by atoms with Crippen LogP contribution in [0.2, 0.25) is 0 Å². The normalized spacial score (nSPS) is 12.9. The van der Waals surface area contributed by atoms with Gasteiger partial charge in [0.15, 0.2) is 0 Å². The van der Waals surface area contributed by atoms with Gasteiger partial charge in [0.25, 0.3) is 0 Å². The van der Waals surface area contributed by atoms with E-state index in [1.54, 1.807) is 6.92 Å². The van der Waals surface area contributed by atoms with Gasteiger partial charge in [-0.05, 0) is 63.1 Å². The fraction of sp³-hybridized carbons (Fsp3) is 1.00. The molecule has 0 atom stereocenters. The summed E-state index contributed by atoms with van der Waals surface area (Å²) in [5.74, 6) is 6.00. The van der Waals surface area contributed by atoms with Crippen molar-refractivity contribution in [3.05, 3.63) is 0 Å². The number of hydrogen-bond acceptors (Lipinski definition) is 0. The second-order valence-corrected chi connectivity index (χ2v) is 27.9. The van der Waals surface area contributed by atoms with Crippen molar-refractivity contribution in [1.82, 2.24) is 0 Å². The molecule has 0 aliphatic heterocycles. The van der Waals surface area contributed by atoms with Crippen LogP contribution in [-0.4, -0.2) is 0 Å². The van der Waals surface area contributed by atoms with E-state index in [-0.39, 0.29) is 6.42 Å². The summed E-state index contributed by atoms with van der Waals surface area (Å²) in [6.07, 6.45) is 26.9. The van der Waals surface area contributed by atoms with Gasteiger partial charge >= 0.3 is 0 Å². The van der Waals surface area contributed by atoms with Gasteiger partial charge in [-0.3, -0.25) is 0 Å². The first-order valence-corrected chi connectivity index (χ1v) is 34.1. The van der Waals surface area contributed by atoms with Crippen molar-refractivity contribution in [3.63, 3.8) is 0 Å². The molecule has 0 rings (SSSR count). The highest BCUT2D eigenvalue weighted by molar-refractivity contribution is 4.64. The summed E-state index contributed by atoms with van der Waals surface area (Å²) in [5, 5.41) is 0. The minimum atomic E-state index is -3.04. The SMILES string of the molecule is CC(C)(C)C.CC(C)C.CC(C)C(C)(C)C.CC(C)C(C)C.CCC.CCC(C)(C)C.CCC(C)C.CCC(C)C.CCCC.CCCC(C)C.CCCCC.CCCCCC.CCCCCCC.[2H]C([2H])([2H])C(CC)(C([2H])([2H])[2H])C([2H])([2H])[2H].[2H]C([2H])([2H])CC. The molecule has 0 bridgehead atoms. The molecule has 0 aromatic heterocycles.